The number of hydrogen-bond acceptors (Lipinski definition) is 4. The molecule has 1 unspecified atom stereocenters. The molecule has 24 heavy (non-hydrogen) atoms. The van der Waals surface area contributed by atoms with Gasteiger partial charge in [-0.05, 0) is 43.1 Å². The normalized spacial score (nSPS) is 20.3. The molecule has 0 radical (unpaired) electrons. The van der Waals surface area contributed by atoms with Gasteiger partial charge in [0.1, 0.15) is 0 Å². The van der Waals surface area contributed by atoms with Crippen molar-refractivity contribution in [2.45, 2.75) is 13.3 Å². The van der Waals surface area contributed by atoms with E-state index in [2.05, 4.69) is 17.1 Å². The standard InChI is InChI=1S/C17H26N4O2.ClH/c1-17(11-18)7-8-21(12-17)10-15(22)19-14-6-4-5-13(9-14)16(23)20(2)3;/h4-6,9H,7-8,10-12,18H2,1-3H3,(H,19,22);1H. The Morgan fingerprint density at radius 2 is 2.08 bits per heavy atom. The van der Waals surface area contributed by atoms with Crippen molar-refractivity contribution in [1.29, 1.82) is 0 Å². The van der Waals surface area contributed by atoms with Gasteiger partial charge < -0.3 is 16.0 Å². The molecule has 1 aromatic carbocycles. The van der Waals surface area contributed by atoms with E-state index in [9.17, 15) is 9.59 Å². The molecule has 1 fully saturated rings. The van der Waals surface area contributed by atoms with E-state index < -0.39 is 0 Å². The van der Waals surface area contributed by atoms with Crippen molar-refractivity contribution >= 4 is 29.9 Å². The van der Waals surface area contributed by atoms with Gasteiger partial charge in [0.2, 0.25) is 5.91 Å². The molecule has 0 bridgehead atoms. The van der Waals surface area contributed by atoms with Crippen molar-refractivity contribution in [1.82, 2.24) is 9.80 Å². The molecule has 1 atom stereocenters. The summed E-state index contributed by atoms with van der Waals surface area (Å²) in [6, 6.07) is 7.01. The summed E-state index contributed by atoms with van der Waals surface area (Å²) >= 11 is 0. The van der Waals surface area contributed by atoms with E-state index in [1.54, 1.807) is 38.4 Å². The molecule has 2 rings (SSSR count). The first-order valence-corrected chi connectivity index (χ1v) is 7.87. The van der Waals surface area contributed by atoms with Crippen molar-refractivity contribution < 1.29 is 9.59 Å². The van der Waals surface area contributed by atoms with Gasteiger partial charge in [0.05, 0.1) is 6.54 Å². The summed E-state index contributed by atoms with van der Waals surface area (Å²) in [5.74, 6) is -0.153. The SMILES string of the molecule is CN(C)C(=O)c1cccc(NC(=O)CN2CCC(C)(CN)C2)c1.Cl. The molecule has 1 heterocycles. The van der Waals surface area contributed by atoms with Crippen LogP contribution in [0.25, 0.3) is 0 Å². The Morgan fingerprint density at radius 3 is 2.67 bits per heavy atom. The van der Waals surface area contributed by atoms with Crippen molar-refractivity contribution in [3.63, 3.8) is 0 Å². The molecule has 1 aliphatic heterocycles. The molecule has 1 saturated heterocycles. The van der Waals surface area contributed by atoms with Gasteiger partial charge in [-0.25, -0.2) is 0 Å². The molecular formula is C17H27ClN4O2. The first-order chi connectivity index (χ1) is 10.8. The van der Waals surface area contributed by atoms with E-state index >= 15 is 0 Å². The number of benzene rings is 1. The minimum Gasteiger partial charge on any atom is -0.345 e. The minimum atomic E-state index is -0.0839. The maximum atomic E-state index is 12.2. The number of anilines is 1. The number of halogens is 1. The molecule has 0 spiro atoms. The zero-order valence-electron chi connectivity index (χ0n) is 14.5. The average molecular weight is 355 g/mol. The topological polar surface area (TPSA) is 78.7 Å². The third kappa shape index (κ3) is 5.19. The van der Waals surface area contributed by atoms with Gasteiger partial charge in [-0.15, -0.1) is 12.4 Å². The van der Waals surface area contributed by atoms with Crippen molar-refractivity contribution in [2.75, 3.05) is 45.6 Å². The number of likely N-dealkylation sites (tertiary alicyclic amines) is 1. The molecule has 0 aromatic heterocycles. The second kappa shape index (κ2) is 8.46. The fraction of sp³-hybridized carbons (Fsp3) is 0.529. The molecule has 0 aliphatic carbocycles. The lowest BCUT2D eigenvalue weighted by atomic mass is 9.90. The van der Waals surface area contributed by atoms with Crippen LogP contribution >= 0.6 is 12.4 Å². The number of rotatable bonds is 5. The molecule has 1 aliphatic rings. The lowest BCUT2D eigenvalue weighted by Crippen LogP contribution is -2.35. The number of hydrogen-bond donors (Lipinski definition) is 2. The molecule has 1 aromatic rings. The Morgan fingerprint density at radius 1 is 1.38 bits per heavy atom. The van der Waals surface area contributed by atoms with Gasteiger partial charge in [0.25, 0.3) is 5.91 Å². The van der Waals surface area contributed by atoms with Crippen molar-refractivity contribution in [2.24, 2.45) is 11.1 Å². The number of nitrogens with two attached hydrogens (primary N) is 1. The predicted molar refractivity (Wildman–Crippen MR) is 98.6 cm³/mol. The maximum absolute atomic E-state index is 12.2. The van der Waals surface area contributed by atoms with Crippen LogP contribution in [0.1, 0.15) is 23.7 Å². The molecule has 7 heteroatoms. The van der Waals surface area contributed by atoms with Crippen molar-refractivity contribution in [3.8, 4) is 0 Å². The Labute approximate surface area is 149 Å². The first-order valence-electron chi connectivity index (χ1n) is 7.87. The van der Waals surface area contributed by atoms with Gasteiger partial charge in [-0.2, -0.15) is 0 Å². The molecule has 2 amide bonds. The van der Waals surface area contributed by atoms with E-state index in [0.717, 1.165) is 19.5 Å². The number of carbonyl (C=O) groups excluding carboxylic acids is 2. The van der Waals surface area contributed by atoms with Crippen LogP contribution in [-0.4, -0.2) is 61.9 Å². The quantitative estimate of drug-likeness (QED) is 0.838. The maximum Gasteiger partial charge on any atom is 0.253 e. The second-order valence-corrected chi connectivity index (χ2v) is 6.80. The summed E-state index contributed by atoms with van der Waals surface area (Å²) in [6.07, 6.45) is 1.02. The highest BCUT2D eigenvalue weighted by Gasteiger charge is 2.33. The van der Waals surface area contributed by atoms with Gasteiger partial charge in [-0.3, -0.25) is 14.5 Å². The minimum absolute atomic E-state index is 0. The van der Waals surface area contributed by atoms with Crippen molar-refractivity contribution in [3.05, 3.63) is 29.8 Å². The summed E-state index contributed by atoms with van der Waals surface area (Å²) in [5.41, 5.74) is 7.10. The van der Waals surface area contributed by atoms with E-state index in [0.29, 0.717) is 24.3 Å². The Hall–Kier alpha value is -1.63. The van der Waals surface area contributed by atoms with Crippen LogP contribution in [0.3, 0.4) is 0 Å². The van der Waals surface area contributed by atoms with Gasteiger partial charge in [0, 0.05) is 31.9 Å². The molecule has 134 valence electrons. The summed E-state index contributed by atoms with van der Waals surface area (Å²) in [6.45, 7) is 4.87. The van der Waals surface area contributed by atoms with Crippen LogP contribution in [0.5, 0.6) is 0 Å². The van der Waals surface area contributed by atoms with E-state index in [1.807, 2.05) is 0 Å². The van der Waals surface area contributed by atoms with Crippen LogP contribution in [0.15, 0.2) is 24.3 Å². The first kappa shape index (κ1) is 20.4. The van der Waals surface area contributed by atoms with E-state index in [-0.39, 0.29) is 29.6 Å². The van der Waals surface area contributed by atoms with Crippen LogP contribution in [0, 0.1) is 5.41 Å². The zero-order valence-corrected chi connectivity index (χ0v) is 15.4. The number of amides is 2. The van der Waals surface area contributed by atoms with Crippen LogP contribution < -0.4 is 11.1 Å². The Kier molecular flexibility index (Phi) is 7.20. The number of nitrogens with one attached hydrogen (secondary N) is 1. The van der Waals surface area contributed by atoms with Crippen LogP contribution in [-0.2, 0) is 4.79 Å². The predicted octanol–water partition coefficient (Wildman–Crippen LogP) is 1.42. The monoisotopic (exact) mass is 354 g/mol. The Balaban J connectivity index is 0.00000288. The second-order valence-electron chi connectivity index (χ2n) is 6.80. The molecular weight excluding hydrogens is 328 g/mol. The summed E-state index contributed by atoms with van der Waals surface area (Å²) < 4.78 is 0. The Bertz CT molecular complexity index is 594. The highest BCUT2D eigenvalue weighted by Crippen LogP contribution is 2.28. The molecule has 3 N–H and O–H groups in total. The largest absolute Gasteiger partial charge is 0.345 e. The lowest BCUT2D eigenvalue weighted by Gasteiger charge is -2.22. The average Bonchev–Trinajstić information content (AvgIpc) is 2.88. The molecule has 6 nitrogen and oxygen atoms in total. The number of carbonyl (C=O) groups is 2. The summed E-state index contributed by atoms with van der Waals surface area (Å²) in [7, 11) is 3.41. The number of nitrogens with zero attached hydrogens (tertiary/aromatic N) is 2. The van der Waals surface area contributed by atoms with Crippen LogP contribution in [0.2, 0.25) is 0 Å². The third-order valence-electron chi connectivity index (χ3n) is 4.30. The van der Waals surface area contributed by atoms with E-state index in [1.165, 1.54) is 4.90 Å². The van der Waals surface area contributed by atoms with E-state index in [4.69, 9.17) is 5.73 Å². The third-order valence-corrected chi connectivity index (χ3v) is 4.30. The van der Waals surface area contributed by atoms with Gasteiger partial charge in [0.15, 0.2) is 0 Å². The smallest absolute Gasteiger partial charge is 0.253 e. The molecule has 0 saturated carbocycles. The zero-order chi connectivity index (χ0) is 17.0. The fourth-order valence-corrected chi connectivity index (χ4v) is 2.82. The van der Waals surface area contributed by atoms with Gasteiger partial charge in [-0.1, -0.05) is 13.0 Å². The lowest BCUT2D eigenvalue weighted by molar-refractivity contribution is -0.117. The summed E-state index contributed by atoms with van der Waals surface area (Å²) in [5, 5.41) is 2.87. The van der Waals surface area contributed by atoms with Gasteiger partial charge >= 0.3 is 0 Å². The summed E-state index contributed by atoms with van der Waals surface area (Å²) in [4.78, 5) is 27.8. The highest BCUT2D eigenvalue weighted by molar-refractivity contribution is 5.97. The fourth-order valence-electron chi connectivity index (χ4n) is 2.82. The highest BCUT2D eigenvalue weighted by atomic mass is 35.5. The van der Waals surface area contributed by atoms with Crippen LogP contribution in [0.4, 0.5) is 5.69 Å².